The fraction of sp³-hybridized carbons (Fsp3) is 0.688. The average Bonchev–Trinajstić information content (AvgIpc) is 3.03. The summed E-state index contributed by atoms with van der Waals surface area (Å²) in [6, 6.07) is 0. The fourth-order valence-electron chi connectivity index (χ4n) is 4.75. The summed E-state index contributed by atoms with van der Waals surface area (Å²) in [5, 5.41) is 0. The molecule has 4 aliphatic rings. The minimum Gasteiger partial charge on any atom is -0.464 e. The highest BCUT2D eigenvalue weighted by Crippen LogP contribution is 2.52. The predicted molar refractivity (Wildman–Crippen MR) is 78.0 cm³/mol. The number of methoxy groups -OCH3 is 1. The van der Waals surface area contributed by atoms with Crippen molar-refractivity contribution in [2.24, 2.45) is 23.7 Å². The highest BCUT2D eigenvalue weighted by Gasteiger charge is 2.48. The lowest BCUT2D eigenvalue weighted by molar-refractivity contribution is 0.0577. The first-order chi connectivity index (χ1) is 10.3. The van der Waals surface area contributed by atoms with Crippen LogP contribution in [0.25, 0.3) is 0 Å². The van der Waals surface area contributed by atoms with Crippen LogP contribution < -0.4 is 4.90 Å². The Morgan fingerprint density at radius 3 is 2.33 bits per heavy atom. The number of hydrogen-bond donors (Lipinski definition) is 0. The smallest absolute Gasteiger partial charge is 0.358 e. The topological polar surface area (TPSA) is 55.3 Å². The fourth-order valence-corrected chi connectivity index (χ4v) is 4.75. The van der Waals surface area contributed by atoms with Gasteiger partial charge >= 0.3 is 5.97 Å². The first kappa shape index (κ1) is 13.0. The summed E-state index contributed by atoms with van der Waals surface area (Å²) in [5.41, 5.74) is 0.299. The van der Waals surface area contributed by atoms with Crippen LogP contribution in [0.4, 0.5) is 5.82 Å². The minimum atomic E-state index is -0.416. The largest absolute Gasteiger partial charge is 0.464 e. The van der Waals surface area contributed by atoms with Gasteiger partial charge in [-0.25, -0.2) is 9.78 Å². The first-order valence-corrected chi connectivity index (χ1v) is 7.91. The second-order valence-electron chi connectivity index (χ2n) is 6.66. The Morgan fingerprint density at radius 1 is 1.14 bits per heavy atom. The lowest BCUT2D eigenvalue weighted by Gasteiger charge is -2.44. The highest BCUT2D eigenvalue weighted by molar-refractivity contribution is 5.87. The van der Waals surface area contributed by atoms with Crippen molar-refractivity contribution >= 4 is 11.8 Å². The van der Waals surface area contributed by atoms with Crippen molar-refractivity contribution in [2.75, 3.05) is 25.1 Å². The molecule has 21 heavy (non-hydrogen) atoms. The molecule has 1 aromatic rings. The van der Waals surface area contributed by atoms with Gasteiger partial charge in [0.25, 0.3) is 0 Å². The van der Waals surface area contributed by atoms with Crippen LogP contribution in [0, 0.1) is 23.7 Å². The number of esters is 1. The van der Waals surface area contributed by atoms with E-state index in [-0.39, 0.29) is 0 Å². The molecule has 0 N–H and O–H groups in total. The summed E-state index contributed by atoms with van der Waals surface area (Å²) >= 11 is 0. The van der Waals surface area contributed by atoms with Crippen LogP contribution in [0.5, 0.6) is 0 Å². The number of anilines is 1. The number of fused-ring (bicyclic) bond motifs is 2. The van der Waals surface area contributed by atoms with Gasteiger partial charge in [-0.1, -0.05) is 0 Å². The summed E-state index contributed by atoms with van der Waals surface area (Å²) in [5.74, 6) is 3.86. The summed E-state index contributed by atoms with van der Waals surface area (Å²) < 4.78 is 4.73. The zero-order chi connectivity index (χ0) is 14.4. The number of carbonyl (C=O) groups excluding carboxylic acids is 1. The number of ether oxygens (including phenoxy) is 1. The second kappa shape index (κ2) is 4.97. The molecule has 3 aliphatic carbocycles. The molecule has 0 radical (unpaired) electrons. The van der Waals surface area contributed by atoms with Gasteiger partial charge in [-0.2, -0.15) is 0 Å². The average molecular weight is 287 g/mol. The molecule has 5 heteroatoms. The number of carbonyl (C=O) groups is 1. The van der Waals surface area contributed by atoms with Gasteiger partial charge in [0.2, 0.25) is 0 Å². The van der Waals surface area contributed by atoms with Crippen molar-refractivity contribution in [3.05, 3.63) is 18.1 Å². The maximum absolute atomic E-state index is 11.6. The molecule has 0 spiro atoms. The van der Waals surface area contributed by atoms with E-state index in [4.69, 9.17) is 4.74 Å². The molecule has 0 aromatic carbocycles. The number of nitrogens with zero attached hydrogens (tertiary/aromatic N) is 3. The van der Waals surface area contributed by atoms with E-state index in [9.17, 15) is 4.79 Å². The third-order valence-electron chi connectivity index (χ3n) is 5.78. The van der Waals surface area contributed by atoms with Crippen LogP contribution in [0.1, 0.15) is 36.2 Å². The molecule has 112 valence electrons. The van der Waals surface area contributed by atoms with Crippen LogP contribution in [0.2, 0.25) is 0 Å². The molecule has 3 saturated carbocycles. The molecule has 1 saturated heterocycles. The Bertz CT molecular complexity index is 534. The molecule has 0 unspecified atom stereocenters. The third kappa shape index (κ3) is 2.10. The van der Waals surface area contributed by atoms with Crippen molar-refractivity contribution in [3.8, 4) is 0 Å². The monoisotopic (exact) mass is 287 g/mol. The Labute approximate surface area is 124 Å². The lowest BCUT2D eigenvalue weighted by Crippen LogP contribution is -2.38. The van der Waals surface area contributed by atoms with E-state index in [2.05, 4.69) is 14.9 Å². The van der Waals surface area contributed by atoms with Gasteiger partial charge < -0.3 is 9.64 Å². The molecule has 4 fully saturated rings. The SMILES string of the molecule is COC(=O)c1cncc(N2C[C@@H]3C4CCC(CC4)[C@@H]3C2)n1. The van der Waals surface area contributed by atoms with Gasteiger partial charge in [-0.15, -0.1) is 0 Å². The molecular weight excluding hydrogens is 266 g/mol. The molecule has 5 nitrogen and oxygen atoms in total. The minimum absolute atomic E-state index is 0.299. The van der Waals surface area contributed by atoms with E-state index >= 15 is 0 Å². The Kier molecular flexibility index (Phi) is 3.08. The van der Waals surface area contributed by atoms with Gasteiger partial charge in [0.15, 0.2) is 5.69 Å². The molecule has 2 atom stereocenters. The zero-order valence-corrected chi connectivity index (χ0v) is 12.4. The van der Waals surface area contributed by atoms with Crippen LogP contribution in [0.3, 0.4) is 0 Å². The van der Waals surface area contributed by atoms with E-state index < -0.39 is 5.97 Å². The molecule has 0 amide bonds. The van der Waals surface area contributed by atoms with E-state index in [0.717, 1.165) is 42.6 Å². The maximum atomic E-state index is 11.6. The molecular formula is C16H21N3O2. The summed E-state index contributed by atoms with van der Waals surface area (Å²) in [6.45, 7) is 2.15. The summed E-state index contributed by atoms with van der Waals surface area (Å²) in [6.07, 6.45) is 8.88. The summed E-state index contributed by atoms with van der Waals surface area (Å²) in [4.78, 5) is 22.5. The first-order valence-electron chi connectivity index (χ1n) is 7.91. The van der Waals surface area contributed by atoms with Gasteiger partial charge in [0, 0.05) is 13.1 Å². The van der Waals surface area contributed by atoms with Crippen LogP contribution in [-0.2, 0) is 4.74 Å². The van der Waals surface area contributed by atoms with Gasteiger partial charge in [0.1, 0.15) is 5.82 Å². The Morgan fingerprint density at radius 2 is 1.76 bits per heavy atom. The predicted octanol–water partition coefficient (Wildman–Crippen LogP) is 2.14. The lowest BCUT2D eigenvalue weighted by atomic mass is 9.60. The van der Waals surface area contributed by atoms with Crippen molar-refractivity contribution in [1.82, 2.24) is 9.97 Å². The van der Waals surface area contributed by atoms with Crippen LogP contribution in [-0.4, -0.2) is 36.1 Å². The van der Waals surface area contributed by atoms with E-state index in [1.807, 2.05) is 0 Å². The van der Waals surface area contributed by atoms with Crippen molar-refractivity contribution < 1.29 is 9.53 Å². The van der Waals surface area contributed by atoms with Gasteiger partial charge in [-0.05, 0) is 49.4 Å². The van der Waals surface area contributed by atoms with Crippen molar-refractivity contribution in [2.45, 2.75) is 25.7 Å². The molecule has 1 aromatic heterocycles. The Hall–Kier alpha value is -1.65. The Balaban J connectivity index is 1.57. The van der Waals surface area contributed by atoms with Crippen molar-refractivity contribution in [1.29, 1.82) is 0 Å². The standard InChI is InChI=1S/C16H21N3O2/c1-21-16(20)14-6-17-7-15(18-14)19-8-12-10-2-3-11(5-4-10)13(12)9-19/h6-7,10-13H,2-5,8-9H2,1H3/t10?,11?,12-,13+. The van der Waals surface area contributed by atoms with E-state index in [1.165, 1.54) is 39.0 Å². The number of hydrogen-bond acceptors (Lipinski definition) is 5. The third-order valence-corrected chi connectivity index (χ3v) is 5.78. The maximum Gasteiger partial charge on any atom is 0.358 e. The normalized spacial score (nSPS) is 33.9. The molecule has 2 heterocycles. The van der Waals surface area contributed by atoms with Crippen LogP contribution >= 0.6 is 0 Å². The molecule has 1 aliphatic heterocycles. The van der Waals surface area contributed by atoms with Crippen molar-refractivity contribution in [3.63, 3.8) is 0 Å². The second-order valence-corrected chi connectivity index (χ2v) is 6.66. The number of aromatic nitrogens is 2. The van der Waals surface area contributed by atoms with Crippen LogP contribution in [0.15, 0.2) is 12.4 Å². The highest BCUT2D eigenvalue weighted by atomic mass is 16.5. The van der Waals surface area contributed by atoms with Gasteiger partial charge in [-0.3, -0.25) is 4.98 Å². The molecule has 5 rings (SSSR count). The van der Waals surface area contributed by atoms with Gasteiger partial charge in [0.05, 0.1) is 19.5 Å². The van der Waals surface area contributed by atoms with E-state index in [1.54, 1.807) is 6.20 Å². The summed E-state index contributed by atoms with van der Waals surface area (Å²) in [7, 11) is 1.37. The quantitative estimate of drug-likeness (QED) is 0.780. The zero-order valence-electron chi connectivity index (χ0n) is 12.4. The molecule has 2 bridgehead atoms. The van der Waals surface area contributed by atoms with E-state index in [0.29, 0.717) is 5.69 Å². The number of rotatable bonds is 2.